The second-order valence-corrected chi connectivity index (χ2v) is 5.42. The SMILES string of the molecule is C=CC(c1ccccc1)(c1ccccc1)N1C=CCCC1. The Labute approximate surface area is 127 Å². The Morgan fingerprint density at radius 1 is 0.905 bits per heavy atom. The molecule has 0 N–H and O–H groups in total. The van der Waals surface area contributed by atoms with Gasteiger partial charge in [-0.05, 0) is 30.2 Å². The molecule has 0 aromatic heterocycles. The van der Waals surface area contributed by atoms with Gasteiger partial charge in [-0.1, -0.05) is 72.8 Å². The van der Waals surface area contributed by atoms with Crippen LogP contribution in [0, 0.1) is 0 Å². The quantitative estimate of drug-likeness (QED) is 0.729. The lowest BCUT2D eigenvalue weighted by molar-refractivity contribution is 0.229. The number of allylic oxidation sites excluding steroid dienone is 1. The van der Waals surface area contributed by atoms with Gasteiger partial charge in [0.05, 0.1) is 0 Å². The zero-order chi connectivity index (χ0) is 14.5. The Morgan fingerprint density at radius 2 is 1.48 bits per heavy atom. The maximum Gasteiger partial charge on any atom is 0.108 e. The normalized spacial score (nSPS) is 15.0. The zero-order valence-electron chi connectivity index (χ0n) is 12.3. The topological polar surface area (TPSA) is 3.24 Å². The van der Waals surface area contributed by atoms with Crippen molar-refractivity contribution >= 4 is 0 Å². The van der Waals surface area contributed by atoms with E-state index < -0.39 is 0 Å². The van der Waals surface area contributed by atoms with E-state index in [4.69, 9.17) is 0 Å². The predicted octanol–water partition coefficient (Wildman–Crippen LogP) is 4.73. The molecule has 106 valence electrons. The van der Waals surface area contributed by atoms with E-state index in [1.807, 2.05) is 0 Å². The first kappa shape index (κ1) is 13.7. The van der Waals surface area contributed by atoms with Crippen molar-refractivity contribution in [2.45, 2.75) is 18.4 Å². The highest BCUT2D eigenvalue weighted by Gasteiger charge is 2.36. The largest absolute Gasteiger partial charge is 0.361 e. The second-order valence-electron chi connectivity index (χ2n) is 5.42. The van der Waals surface area contributed by atoms with Crippen LogP contribution in [0.25, 0.3) is 0 Å². The molecule has 0 aliphatic carbocycles. The highest BCUT2D eigenvalue weighted by molar-refractivity contribution is 5.44. The summed E-state index contributed by atoms with van der Waals surface area (Å²) in [6, 6.07) is 21.3. The summed E-state index contributed by atoms with van der Waals surface area (Å²) in [5, 5.41) is 0. The minimum absolute atomic E-state index is 0.292. The standard InChI is InChI=1S/C20H21N/c1-2-20(18-12-6-3-7-13-18,19-14-8-4-9-15-19)21-16-10-5-11-17-21/h2-4,6-10,12-16H,1,5,11,17H2. The van der Waals surface area contributed by atoms with E-state index in [2.05, 4.69) is 90.5 Å². The molecule has 0 saturated carbocycles. The first-order valence-electron chi connectivity index (χ1n) is 7.56. The summed E-state index contributed by atoms with van der Waals surface area (Å²) in [5.74, 6) is 0. The summed E-state index contributed by atoms with van der Waals surface area (Å²) < 4.78 is 0. The molecule has 0 saturated heterocycles. The van der Waals surface area contributed by atoms with E-state index in [1.165, 1.54) is 17.5 Å². The molecule has 3 rings (SSSR count). The van der Waals surface area contributed by atoms with Crippen molar-refractivity contribution in [1.82, 2.24) is 4.90 Å². The van der Waals surface area contributed by atoms with Crippen molar-refractivity contribution in [3.8, 4) is 0 Å². The van der Waals surface area contributed by atoms with Gasteiger partial charge in [-0.15, -0.1) is 6.58 Å². The average molecular weight is 275 g/mol. The van der Waals surface area contributed by atoms with Crippen LogP contribution in [0.5, 0.6) is 0 Å². The Bertz CT molecular complexity index is 573. The molecule has 1 aliphatic heterocycles. The Kier molecular flexibility index (Phi) is 3.92. The fourth-order valence-electron chi connectivity index (χ4n) is 3.19. The lowest BCUT2D eigenvalue weighted by Gasteiger charge is -2.44. The summed E-state index contributed by atoms with van der Waals surface area (Å²) in [6.07, 6.45) is 8.91. The Morgan fingerprint density at radius 3 is 1.90 bits per heavy atom. The molecular formula is C20H21N. The maximum atomic E-state index is 4.19. The van der Waals surface area contributed by atoms with Crippen molar-refractivity contribution in [2.75, 3.05) is 6.54 Å². The van der Waals surface area contributed by atoms with E-state index in [1.54, 1.807) is 0 Å². The van der Waals surface area contributed by atoms with Crippen molar-refractivity contribution in [1.29, 1.82) is 0 Å². The summed E-state index contributed by atoms with van der Waals surface area (Å²) in [6.45, 7) is 5.23. The minimum atomic E-state index is -0.292. The first-order chi connectivity index (χ1) is 10.4. The van der Waals surface area contributed by atoms with Gasteiger partial charge < -0.3 is 4.90 Å². The molecule has 0 fully saturated rings. The summed E-state index contributed by atoms with van der Waals surface area (Å²) in [4.78, 5) is 2.41. The van der Waals surface area contributed by atoms with Crippen LogP contribution >= 0.6 is 0 Å². The Balaban J connectivity index is 2.20. The van der Waals surface area contributed by atoms with Crippen molar-refractivity contribution < 1.29 is 0 Å². The molecule has 2 aromatic rings. The van der Waals surface area contributed by atoms with E-state index in [0.717, 1.165) is 13.0 Å². The van der Waals surface area contributed by atoms with Gasteiger partial charge >= 0.3 is 0 Å². The fourth-order valence-corrected chi connectivity index (χ4v) is 3.19. The third kappa shape index (κ3) is 2.40. The van der Waals surface area contributed by atoms with Crippen LogP contribution in [-0.4, -0.2) is 11.4 Å². The average Bonchev–Trinajstić information content (AvgIpc) is 2.59. The molecule has 21 heavy (non-hydrogen) atoms. The predicted molar refractivity (Wildman–Crippen MR) is 88.9 cm³/mol. The molecule has 0 spiro atoms. The molecule has 1 heteroatoms. The van der Waals surface area contributed by atoms with Gasteiger partial charge in [0.1, 0.15) is 5.54 Å². The molecule has 0 atom stereocenters. The number of hydrogen-bond acceptors (Lipinski definition) is 1. The second kappa shape index (κ2) is 6.01. The third-order valence-corrected chi connectivity index (χ3v) is 4.23. The van der Waals surface area contributed by atoms with Crippen molar-refractivity contribution in [2.24, 2.45) is 0 Å². The van der Waals surface area contributed by atoms with E-state index in [-0.39, 0.29) is 5.54 Å². The van der Waals surface area contributed by atoms with Crippen LogP contribution in [0.3, 0.4) is 0 Å². The fraction of sp³-hybridized carbons (Fsp3) is 0.200. The highest BCUT2D eigenvalue weighted by Crippen LogP contribution is 2.38. The number of rotatable bonds is 4. The van der Waals surface area contributed by atoms with Gasteiger partial charge in [0.25, 0.3) is 0 Å². The first-order valence-corrected chi connectivity index (χ1v) is 7.56. The van der Waals surface area contributed by atoms with Crippen LogP contribution in [0.2, 0.25) is 0 Å². The molecule has 1 aliphatic rings. The third-order valence-electron chi connectivity index (χ3n) is 4.23. The summed E-state index contributed by atoms with van der Waals surface area (Å²) in [5.41, 5.74) is 2.23. The number of hydrogen-bond donors (Lipinski definition) is 0. The van der Waals surface area contributed by atoms with Gasteiger partial charge in [-0.3, -0.25) is 0 Å². The van der Waals surface area contributed by atoms with Gasteiger partial charge in [-0.25, -0.2) is 0 Å². The smallest absolute Gasteiger partial charge is 0.108 e. The zero-order valence-corrected chi connectivity index (χ0v) is 12.3. The van der Waals surface area contributed by atoms with E-state index >= 15 is 0 Å². The van der Waals surface area contributed by atoms with E-state index in [9.17, 15) is 0 Å². The summed E-state index contributed by atoms with van der Waals surface area (Å²) >= 11 is 0. The molecule has 0 unspecified atom stereocenters. The molecule has 0 bridgehead atoms. The lowest BCUT2D eigenvalue weighted by Crippen LogP contribution is -2.43. The lowest BCUT2D eigenvalue weighted by atomic mass is 9.80. The molecule has 2 aromatic carbocycles. The highest BCUT2D eigenvalue weighted by atomic mass is 15.2. The maximum absolute atomic E-state index is 4.19. The van der Waals surface area contributed by atoms with Crippen LogP contribution in [0.15, 0.2) is 85.6 Å². The monoisotopic (exact) mass is 275 g/mol. The Hall–Kier alpha value is -2.28. The summed E-state index contributed by atoms with van der Waals surface area (Å²) in [7, 11) is 0. The van der Waals surface area contributed by atoms with Gasteiger partial charge in [0, 0.05) is 6.54 Å². The van der Waals surface area contributed by atoms with Crippen LogP contribution in [0.1, 0.15) is 24.0 Å². The van der Waals surface area contributed by atoms with Crippen LogP contribution < -0.4 is 0 Å². The van der Waals surface area contributed by atoms with Crippen molar-refractivity contribution in [3.05, 3.63) is 96.7 Å². The van der Waals surface area contributed by atoms with Crippen molar-refractivity contribution in [3.63, 3.8) is 0 Å². The molecule has 0 radical (unpaired) electrons. The molecule has 1 nitrogen and oxygen atoms in total. The van der Waals surface area contributed by atoms with E-state index in [0.29, 0.717) is 0 Å². The number of benzene rings is 2. The minimum Gasteiger partial charge on any atom is -0.361 e. The number of nitrogens with zero attached hydrogens (tertiary/aromatic N) is 1. The van der Waals surface area contributed by atoms with Gasteiger partial charge in [-0.2, -0.15) is 0 Å². The molecule has 1 heterocycles. The van der Waals surface area contributed by atoms with Gasteiger partial charge in [0.15, 0.2) is 0 Å². The van der Waals surface area contributed by atoms with Gasteiger partial charge in [0.2, 0.25) is 0 Å². The molecule has 0 amide bonds. The molecular weight excluding hydrogens is 254 g/mol. The van der Waals surface area contributed by atoms with Crippen LogP contribution in [-0.2, 0) is 5.54 Å². The van der Waals surface area contributed by atoms with Crippen LogP contribution in [0.4, 0.5) is 0 Å².